The Morgan fingerprint density at radius 1 is 1.16 bits per heavy atom. The van der Waals surface area contributed by atoms with E-state index >= 15 is 0 Å². The summed E-state index contributed by atoms with van der Waals surface area (Å²) in [6, 6.07) is 14.6. The highest BCUT2D eigenvalue weighted by atomic mass is 32.2. The maximum atomic E-state index is 11.3. The summed E-state index contributed by atoms with van der Waals surface area (Å²) in [5.41, 5.74) is 2.73. The average Bonchev–Trinajstić information content (AvgIpc) is 3.37. The van der Waals surface area contributed by atoms with E-state index in [2.05, 4.69) is 20.5 Å². The molecule has 160 valence electrons. The molecule has 0 bridgehead atoms. The normalized spacial score (nSPS) is 12.7. The van der Waals surface area contributed by atoms with Crippen molar-refractivity contribution in [3.8, 4) is 11.1 Å². The number of rotatable bonds is 7. The molecule has 0 aliphatic carbocycles. The van der Waals surface area contributed by atoms with Crippen LogP contribution in [0.25, 0.3) is 21.3 Å². The van der Waals surface area contributed by atoms with Crippen LogP contribution in [0, 0.1) is 0 Å². The molecule has 0 spiro atoms. The zero-order valence-electron chi connectivity index (χ0n) is 15.7. The Kier molecular flexibility index (Phi) is 5.65. The number of nitrogens with one attached hydrogen (secondary N) is 2. The third-order valence-corrected chi connectivity index (χ3v) is 5.81. The summed E-state index contributed by atoms with van der Waals surface area (Å²) in [6.45, 7) is -0.327. The highest BCUT2D eigenvalue weighted by Gasteiger charge is 2.26. The predicted molar refractivity (Wildman–Crippen MR) is 112 cm³/mol. The molecule has 0 saturated carbocycles. The van der Waals surface area contributed by atoms with Gasteiger partial charge in [0.15, 0.2) is 6.04 Å². The molecule has 2 aromatic heterocycles. The standard InChI is InChI=1S/C18H16N6O5S2/c19-31(27,28)20-9-14-23-24-16(29-14)15(22-18(25)26)17-21-12-7-6-11(8-13(12)30-17)10-4-2-1-3-5-10/h1-8,15,20,22H,9H2,(H,25,26)(H2,19,27,28). The van der Waals surface area contributed by atoms with E-state index < -0.39 is 22.3 Å². The van der Waals surface area contributed by atoms with E-state index in [4.69, 9.17) is 9.56 Å². The molecule has 13 heteroatoms. The molecule has 1 atom stereocenters. The molecule has 0 aliphatic heterocycles. The monoisotopic (exact) mass is 460 g/mol. The lowest BCUT2D eigenvalue weighted by atomic mass is 10.1. The van der Waals surface area contributed by atoms with Gasteiger partial charge in [-0.1, -0.05) is 36.4 Å². The fraction of sp³-hybridized carbons (Fsp3) is 0.111. The third kappa shape index (κ3) is 5.03. The van der Waals surface area contributed by atoms with Gasteiger partial charge in [-0.2, -0.15) is 13.1 Å². The summed E-state index contributed by atoms with van der Waals surface area (Å²) < 4.78 is 30.3. The zero-order chi connectivity index (χ0) is 22.0. The first kappa shape index (κ1) is 20.9. The first-order valence-electron chi connectivity index (χ1n) is 8.83. The molecule has 31 heavy (non-hydrogen) atoms. The maximum absolute atomic E-state index is 11.3. The molecule has 1 amide bonds. The molecule has 4 rings (SSSR count). The number of nitrogens with two attached hydrogens (primary N) is 1. The smallest absolute Gasteiger partial charge is 0.405 e. The van der Waals surface area contributed by atoms with Crippen LogP contribution in [-0.4, -0.2) is 34.8 Å². The number of nitrogens with zero attached hydrogens (tertiary/aromatic N) is 3. The highest BCUT2D eigenvalue weighted by molar-refractivity contribution is 7.87. The topological polar surface area (TPSA) is 173 Å². The van der Waals surface area contributed by atoms with Gasteiger partial charge in [-0.15, -0.1) is 21.5 Å². The number of carboxylic acid groups (broad SMARTS) is 1. The molecule has 11 nitrogen and oxygen atoms in total. The van der Waals surface area contributed by atoms with Crippen molar-refractivity contribution in [1.82, 2.24) is 25.2 Å². The minimum absolute atomic E-state index is 0.0732. The van der Waals surface area contributed by atoms with Gasteiger partial charge in [0.05, 0.1) is 16.8 Å². The molecular weight excluding hydrogens is 444 g/mol. The van der Waals surface area contributed by atoms with E-state index in [0.717, 1.165) is 15.8 Å². The summed E-state index contributed by atoms with van der Waals surface area (Å²) in [5, 5.41) is 24.4. The number of benzene rings is 2. The number of hydrogen-bond acceptors (Lipinski definition) is 8. The second-order valence-corrected chi connectivity index (χ2v) is 8.82. The number of aromatic nitrogens is 3. The zero-order valence-corrected chi connectivity index (χ0v) is 17.4. The quantitative estimate of drug-likeness (QED) is 0.324. The van der Waals surface area contributed by atoms with Crippen molar-refractivity contribution >= 4 is 37.9 Å². The van der Waals surface area contributed by atoms with Crippen LogP contribution in [-0.2, 0) is 16.8 Å². The molecule has 0 fully saturated rings. The van der Waals surface area contributed by atoms with Crippen molar-refractivity contribution in [1.29, 1.82) is 0 Å². The van der Waals surface area contributed by atoms with Gasteiger partial charge in [-0.25, -0.2) is 14.9 Å². The minimum atomic E-state index is -3.95. The van der Waals surface area contributed by atoms with Gasteiger partial charge >= 0.3 is 6.09 Å². The molecule has 5 N–H and O–H groups in total. The fourth-order valence-corrected chi connectivity index (χ4v) is 4.22. The van der Waals surface area contributed by atoms with Crippen molar-refractivity contribution < 1.29 is 22.7 Å². The Morgan fingerprint density at radius 3 is 2.65 bits per heavy atom. The van der Waals surface area contributed by atoms with Crippen LogP contribution < -0.4 is 15.2 Å². The van der Waals surface area contributed by atoms with Crippen molar-refractivity contribution in [2.75, 3.05) is 0 Å². The molecule has 0 saturated heterocycles. The van der Waals surface area contributed by atoms with Crippen LogP contribution in [0.15, 0.2) is 52.9 Å². The van der Waals surface area contributed by atoms with Crippen LogP contribution in [0.2, 0.25) is 0 Å². The number of carbonyl (C=O) groups is 1. The van der Waals surface area contributed by atoms with Gasteiger partial charge < -0.3 is 14.8 Å². The van der Waals surface area contributed by atoms with Crippen molar-refractivity contribution in [3.63, 3.8) is 0 Å². The number of hydrogen-bond donors (Lipinski definition) is 4. The van der Waals surface area contributed by atoms with Crippen LogP contribution in [0.3, 0.4) is 0 Å². The van der Waals surface area contributed by atoms with E-state index in [1.54, 1.807) is 0 Å². The largest absolute Gasteiger partial charge is 0.465 e. The van der Waals surface area contributed by atoms with Crippen LogP contribution >= 0.6 is 11.3 Å². The first-order chi connectivity index (χ1) is 14.8. The van der Waals surface area contributed by atoms with Gasteiger partial charge in [0, 0.05) is 0 Å². The second kappa shape index (κ2) is 8.39. The third-order valence-electron chi connectivity index (χ3n) is 4.18. The molecule has 0 radical (unpaired) electrons. The van der Waals surface area contributed by atoms with Crippen LogP contribution in [0.1, 0.15) is 22.8 Å². The first-order valence-corrected chi connectivity index (χ1v) is 11.2. The molecule has 4 aromatic rings. The van der Waals surface area contributed by atoms with E-state index in [-0.39, 0.29) is 18.3 Å². The van der Waals surface area contributed by atoms with Gasteiger partial charge in [-0.3, -0.25) is 0 Å². The molecule has 0 aliphatic rings. The lowest BCUT2D eigenvalue weighted by Gasteiger charge is -2.09. The van der Waals surface area contributed by atoms with E-state index in [1.807, 2.05) is 53.3 Å². The van der Waals surface area contributed by atoms with Crippen molar-refractivity contribution in [3.05, 3.63) is 65.3 Å². The van der Waals surface area contributed by atoms with Gasteiger partial charge in [0.1, 0.15) is 5.01 Å². The molecular formula is C18H16N6O5S2. The lowest BCUT2D eigenvalue weighted by molar-refractivity contribution is 0.189. The summed E-state index contributed by atoms with van der Waals surface area (Å²) in [7, 11) is -3.95. The van der Waals surface area contributed by atoms with E-state index in [0.29, 0.717) is 10.5 Å². The SMILES string of the molecule is NS(=O)(=O)NCc1nnc(C(NC(=O)O)c2nc3ccc(-c4ccccc4)cc3s2)o1. The number of fused-ring (bicyclic) bond motifs is 1. The molecule has 2 heterocycles. The van der Waals surface area contributed by atoms with Crippen molar-refractivity contribution in [2.45, 2.75) is 12.6 Å². The van der Waals surface area contributed by atoms with Gasteiger partial charge in [-0.05, 0) is 23.3 Å². The highest BCUT2D eigenvalue weighted by Crippen LogP contribution is 2.32. The maximum Gasteiger partial charge on any atom is 0.405 e. The van der Waals surface area contributed by atoms with E-state index in [9.17, 15) is 18.3 Å². The Hall–Kier alpha value is -3.39. The number of amides is 1. The molecule has 2 aromatic carbocycles. The average molecular weight is 460 g/mol. The summed E-state index contributed by atoms with van der Waals surface area (Å²) >= 11 is 1.28. The summed E-state index contributed by atoms with van der Waals surface area (Å²) in [6.07, 6.45) is -1.31. The number of thiazole rings is 1. The van der Waals surface area contributed by atoms with Gasteiger partial charge in [0.2, 0.25) is 11.8 Å². The Labute approximate surface area is 180 Å². The Balaban J connectivity index is 1.66. The fourth-order valence-electron chi connectivity index (χ4n) is 2.85. The molecule has 1 unspecified atom stereocenters. The Bertz CT molecular complexity index is 1340. The summed E-state index contributed by atoms with van der Waals surface area (Å²) in [5.74, 6) is -0.148. The minimum Gasteiger partial charge on any atom is -0.465 e. The predicted octanol–water partition coefficient (Wildman–Crippen LogP) is 2.00. The lowest BCUT2D eigenvalue weighted by Crippen LogP contribution is -2.30. The van der Waals surface area contributed by atoms with Gasteiger partial charge in [0.25, 0.3) is 10.2 Å². The van der Waals surface area contributed by atoms with Crippen LogP contribution in [0.5, 0.6) is 0 Å². The van der Waals surface area contributed by atoms with Crippen molar-refractivity contribution in [2.24, 2.45) is 5.14 Å². The Morgan fingerprint density at radius 2 is 1.94 bits per heavy atom. The second-order valence-electron chi connectivity index (χ2n) is 6.38. The van der Waals surface area contributed by atoms with Crippen LogP contribution in [0.4, 0.5) is 4.79 Å². The van der Waals surface area contributed by atoms with E-state index in [1.165, 1.54) is 11.3 Å². The summed E-state index contributed by atoms with van der Waals surface area (Å²) in [4.78, 5) is 15.8.